The van der Waals surface area contributed by atoms with E-state index in [9.17, 15) is 0 Å². The van der Waals surface area contributed by atoms with Crippen molar-refractivity contribution < 1.29 is 0 Å². The Morgan fingerprint density at radius 3 is 0.657 bits per heavy atom. The van der Waals surface area contributed by atoms with E-state index in [-0.39, 0.29) is 0 Å². The number of anilines is 12. The summed E-state index contributed by atoms with van der Waals surface area (Å²) in [6.07, 6.45) is 0. The molecule has 0 bridgehead atoms. The Kier molecular flexibility index (Phi) is 11.2. The van der Waals surface area contributed by atoms with E-state index in [1.807, 2.05) is 0 Å². The van der Waals surface area contributed by atoms with Crippen LogP contribution in [0.25, 0.3) is 21.8 Å². The van der Waals surface area contributed by atoms with Gasteiger partial charge >= 0.3 is 0 Å². The average Bonchev–Trinajstić information content (AvgIpc) is 3.72. The summed E-state index contributed by atoms with van der Waals surface area (Å²) in [6, 6.07) is 95.3. The Morgan fingerprint density at radius 2 is 0.433 bits per heavy atom. The standard InChI is InChI=1S/C62H49N5/c1-2-63-61-43-41-57(66(51-29-17-7-18-30-51)55-37-33-53(34-38-55)64(47-21-9-3-10-22-47)48-23-11-4-12-24-48)45-59(61)60-46-58(42-44-62(60)63)67(52-31-19-8-20-32-52)56-39-35-54(36-40-56)65(49-25-13-5-14-26-49)50-27-15-6-16-28-50/h3-46H,2H2,1H3. The molecule has 1 heterocycles. The molecule has 0 aliphatic rings. The number of hydrogen-bond donors (Lipinski definition) is 0. The molecule has 0 fully saturated rings. The first kappa shape index (κ1) is 40.9. The van der Waals surface area contributed by atoms with E-state index in [0.29, 0.717) is 0 Å². The van der Waals surface area contributed by atoms with Crippen molar-refractivity contribution in [3.8, 4) is 0 Å². The quantitative estimate of drug-likeness (QED) is 0.115. The van der Waals surface area contributed by atoms with Gasteiger partial charge in [0.25, 0.3) is 0 Å². The average molecular weight is 864 g/mol. The van der Waals surface area contributed by atoms with E-state index in [1.165, 1.54) is 21.8 Å². The van der Waals surface area contributed by atoms with Crippen molar-refractivity contribution in [2.45, 2.75) is 13.5 Å². The molecule has 0 aliphatic heterocycles. The molecule has 0 spiro atoms. The lowest BCUT2D eigenvalue weighted by atomic mass is 10.1. The summed E-state index contributed by atoms with van der Waals surface area (Å²) in [5.74, 6) is 0. The zero-order valence-corrected chi connectivity index (χ0v) is 37.3. The molecule has 11 rings (SSSR count). The van der Waals surface area contributed by atoms with Gasteiger partial charge in [-0.05, 0) is 165 Å². The van der Waals surface area contributed by atoms with Crippen LogP contribution >= 0.6 is 0 Å². The summed E-state index contributed by atoms with van der Waals surface area (Å²) in [5.41, 5.74) is 15.6. The predicted molar refractivity (Wildman–Crippen MR) is 284 cm³/mol. The number of nitrogens with zero attached hydrogens (tertiary/aromatic N) is 5. The molecule has 0 unspecified atom stereocenters. The molecule has 67 heavy (non-hydrogen) atoms. The second-order valence-electron chi connectivity index (χ2n) is 16.5. The second kappa shape index (κ2) is 18.4. The maximum absolute atomic E-state index is 2.44. The van der Waals surface area contributed by atoms with Crippen molar-refractivity contribution in [2.75, 3.05) is 19.6 Å². The van der Waals surface area contributed by atoms with Crippen molar-refractivity contribution in [1.82, 2.24) is 4.57 Å². The van der Waals surface area contributed by atoms with Gasteiger partial charge in [0.05, 0.1) is 0 Å². The highest BCUT2D eigenvalue weighted by molar-refractivity contribution is 6.11. The van der Waals surface area contributed by atoms with Gasteiger partial charge in [-0.15, -0.1) is 0 Å². The Hall–Kier alpha value is -8.80. The van der Waals surface area contributed by atoms with Crippen molar-refractivity contribution in [1.29, 1.82) is 0 Å². The van der Waals surface area contributed by atoms with E-state index >= 15 is 0 Å². The van der Waals surface area contributed by atoms with Crippen LogP contribution in [-0.2, 0) is 6.54 Å². The third kappa shape index (κ3) is 8.04. The molecule has 0 atom stereocenters. The van der Waals surface area contributed by atoms with Gasteiger partial charge < -0.3 is 24.2 Å². The van der Waals surface area contributed by atoms with Crippen LogP contribution in [0.2, 0.25) is 0 Å². The van der Waals surface area contributed by atoms with Crippen LogP contribution in [0, 0.1) is 0 Å². The third-order valence-electron chi connectivity index (χ3n) is 12.5. The van der Waals surface area contributed by atoms with Crippen molar-refractivity contribution >= 4 is 90.1 Å². The Bertz CT molecular complexity index is 3050. The number of hydrogen-bond acceptors (Lipinski definition) is 4. The van der Waals surface area contributed by atoms with Gasteiger partial charge in [-0.25, -0.2) is 0 Å². The minimum Gasteiger partial charge on any atom is -0.341 e. The van der Waals surface area contributed by atoms with E-state index < -0.39 is 0 Å². The van der Waals surface area contributed by atoms with Gasteiger partial charge in [-0.2, -0.15) is 0 Å². The fourth-order valence-electron chi connectivity index (χ4n) is 9.45. The van der Waals surface area contributed by atoms with Crippen molar-refractivity contribution in [3.63, 3.8) is 0 Å². The molecule has 5 heteroatoms. The van der Waals surface area contributed by atoms with Crippen LogP contribution < -0.4 is 19.6 Å². The number of para-hydroxylation sites is 6. The van der Waals surface area contributed by atoms with Gasteiger partial charge in [-0.1, -0.05) is 109 Å². The van der Waals surface area contributed by atoms with Crippen LogP contribution in [0.5, 0.6) is 0 Å². The molecule has 0 aliphatic carbocycles. The number of aromatic nitrogens is 1. The fraction of sp³-hybridized carbons (Fsp3) is 0.0323. The van der Waals surface area contributed by atoms with Crippen molar-refractivity contribution in [3.05, 3.63) is 267 Å². The molecular formula is C62H49N5. The molecule has 0 saturated heterocycles. The minimum atomic E-state index is 0.852. The lowest BCUT2D eigenvalue weighted by molar-refractivity contribution is 0.827. The Labute approximate surface area is 392 Å². The molecule has 0 saturated carbocycles. The predicted octanol–water partition coefficient (Wildman–Crippen LogP) is 17.7. The number of benzene rings is 10. The van der Waals surface area contributed by atoms with Crippen LogP contribution in [-0.4, -0.2) is 4.57 Å². The summed E-state index contributed by atoms with van der Waals surface area (Å²) >= 11 is 0. The van der Waals surface area contributed by atoms with E-state index in [4.69, 9.17) is 0 Å². The molecule has 322 valence electrons. The zero-order valence-electron chi connectivity index (χ0n) is 37.3. The summed E-state index contributed by atoms with van der Waals surface area (Å²) in [5, 5.41) is 2.41. The fourth-order valence-corrected chi connectivity index (χ4v) is 9.45. The topological polar surface area (TPSA) is 17.9 Å². The molecule has 1 aromatic heterocycles. The van der Waals surface area contributed by atoms with E-state index in [1.54, 1.807) is 0 Å². The monoisotopic (exact) mass is 863 g/mol. The van der Waals surface area contributed by atoms with E-state index in [0.717, 1.165) is 74.8 Å². The smallest absolute Gasteiger partial charge is 0.0492 e. The van der Waals surface area contributed by atoms with Crippen LogP contribution in [0.3, 0.4) is 0 Å². The maximum atomic E-state index is 2.44. The number of rotatable bonds is 13. The third-order valence-corrected chi connectivity index (χ3v) is 12.5. The van der Waals surface area contributed by atoms with Crippen LogP contribution in [0.4, 0.5) is 68.2 Å². The first-order valence-electron chi connectivity index (χ1n) is 23.0. The first-order chi connectivity index (χ1) is 33.2. The van der Waals surface area contributed by atoms with Gasteiger partial charge in [0.15, 0.2) is 0 Å². The zero-order chi connectivity index (χ0) is 44.9. The highest BCUT2D eigenvalue weighted by Gasteiger charge is 2.21. The highest BCUT2D eigenvalue weighted by atomic mass is 15.2. The number of fused-ring (bicyclic) bond motifs is 3. The second-order valence-corrected chi connectivity index (χ2v) is 16.5. The normalized spacial score (nSPS) is 11.1. The number of aryl methyl sites for hydroxylation is 1. The summed E-state index contributed by atoms with van der Waals surface area (Å²) in [6.45, 7) is 3.09. The molecule has 5 nitrogen and oxygen atoms in total. The minimum absolute atomic E-state index is 0.852. The Balaban J connectivity index is 1.01. The van der Waals surface area contributed by atoms with Gasteiger partial charge in [0, 0.05) is 96.6 Å². The molecule has 0 radical (unpaired) electrons. The van der Waals surface area contributed by atoms with Crippen LogP contribution in [0.15, 0.2) is 267 Å². The summed E-state index contributed by atoms with van der Waals surface area (Å²) in [7, 11) is 0. The highest BCUT2D eigenvalue weighted by Crippen LogP contribution is 2.44. The molecule has 0 N–H and O–H groups in total. The van der Waals surface area contributed by atoms with Gasteiger partial charge in [0.2, 0.25) is 0 Å². The SMILES string of the molecule is CCn1c2ccc(N(c3ccccc3)c3ccc(N(c4ccccc4)c4ccccc4)cc3)cc2c2cc(N(c3ccccc3)c3ccc(N(c4ccccc4)c4ccccc4)cc3)ccc21. The largest absolute Gasteiger partial charge is 0.341 e. The first-order valence-corrected chi connectivity index (χ1v) is 23.0. The summed E-state index contributed by atoms with van der Waals surface area (Å²) < 4.78 is 2.44. The van der Waals surface area contributed by atoms with Crippen LogP contribution in [0.1, 0.15) is 6.92 Å². The summed E-state index contributed by atoms with van der Waals surface area (Å²) in [4.78, 5) is 9.33. The van der Waals surface area contributed by atoms with E-state index in [2.05, 4.69) is 298 Å². The lowest BCUT2D eigenvalue weighted by Gasteiger charge is -2.28. The Morgan fingerprint density at radius 1 is 0.239 bits per heavy atom. The molecule has 10 aromatic carbocycles. The van der Waals surface area contributed by atoms with Gasteiger partial charge in [-0.3, -0.25) is 0 Å². The van der Waals surface area contributed by atoms with Gasteiger partial charge in [0.1, 0.15) is 0 Å². The lowest BCUT2D eigenvalue weighted by Crippen LogP contribution is -2.12. The molecule has 0 amide bonds. The van der Waals surface area contributed by atoms with Crippen molar-refractivity contribution in [2.24, 2.45) is 0 Å². The molecule has 11 aromatic rings. The molecular weight excluding hydrogens is 815 g/mol. The maximum Gasteiger partial charge on any atom is 0.0492 e.